The first-order valence-corrected chi connectivity index (χ1v) is 5.99. The maximum Gasteiger partial charge on any atom is 0.471 e. The Hall–Kier alpha value is -0.820. The van der Waals surface area contributed by atoms with E-state index in [9.17, 15) is 18.0 Å². The quantitative estimate of drug-likeness (QED) is 0.656. The number of amides is 1. The van der Waals surface area contributed by atoms with Crippen molar-refractivity contribution < 1.29 is 18.0 Å². The standard InChI is InChI=1S/C9H8F3NOS2/c1-13(8(14)9(10,11)12)6-2-4-7(16-15)5-3-6/h2-5,15H,1H3. The molecule has 1 aromatic rings. The molecule has 1 rings (SSSR count). The number of carbonyl (C=O) groups excluding carboxylic acids is 1. The van der Waals surface area contributed by atoms with Gasteiger partial charge in [-0.25, -0.2) is 0 Å². The minimum absolute atomic E-state index is 0.188. The summed E-state index contributed by atoms with van der Waals surface area (Å²) in [7, 11) is 2.25. The molecule has 0 saturated carbocycles. The van der Waals surface area contributed by atoms with E-state index < -0.39 is 12.1 Å². The lowest BCUT2D eigenvalue weighted by molar-refractivity contribution is -0.170. The Bertz CT molecular complexity index is 377. The maximum atomic E-state index is 12.1. The second kappa shape index (κ2) is 5.01. The van der Waals surface area contributed by atoms with Crippen LogP contribution in [0.5, 0.6) is 0 Å². The summed E-state index contributed by atoms with van der Waals surface area (Å²) in [5.74, 6) is -1.89. The molecule has 0 N–H and O–H groups in total. The molecule has 0 fully saturated rings. The molecule has 0 aromatic heterocycles. The molecule has 1 amide bonds. The Balaban J connectivity index is 2.88. The van der Waals surface area contributed by atoms with Gasteiger partial charge >= 0.3 is 12.1 Å². The summed E-state index contributed by atoms with van der Waals surface area (Å²) in [5.41, 5.74) is 0.188. The van der Waals surface area contributed by atoms with Crippen molar-refractivity contribution in [1.29, 1.82) is 0 Å². The van der Waals surface area contributed by atoms with E-state index in [4.69, 9.17) is 0 Å². The first-order chi connectivity index (χ1) is 7.36. The molecular weight excluding hydrogens is 259 g/mol. The van der Waals surface area contributed by atoms with Crippen molar-refractivity contribution in [2.24, 2.45) is 0 Å². The monoisotopic (exact) mass is 267 g/mol. The number of anilines is 1. The number of hydrogen-bond donors (Lipinski definition) is 1. The third-order valence-corrected chi connectivity index (χ3v) is 2.99. The summed E-state index contributed by atoms with van der Waals surface area (Å²) in [4.78, 5) is 12.3. The zero-order chi connectivity index (χ0) is 12.3. The van der Waals surface area contributed by atoms with Gasteiger partial charge in [-0.2, -0.15) is 13.2 Å². The zero-order valence-corrected chi connectivity index (χ0v) is 9.87. The maximum absolute atomic E-state index is 12.1. The van der Waals surface area contributed by atoms with Gasteiger partial charge in [-0.05, 0) is 24.3 Å². The highest BCUT2D eigenvalue weighted by molar-refractivity contribution is 8.68. The molecule has 7 heteroatoms. The Labute approximate surface area is 99.6 Å². The van der Waals surface area contributed by atoms with Crippen LogP contribution in [0, 0.1) is 0 Å². The average molecular weight is 267 g/mol. The fourth-order valence-corrected chi connectivity index (χ4v) is 1.66. The van der Waals surface area contributed by atoms with Crippen molar-refractivity contribution >= 4 is 34.0 Å². The molecule has 0 heterocycles. The lowest BCUT2D eigenvalue weighted by Crippen LogP contribution is -2.38. The number of carbonyl (C=O) groups is 1. The van der Waals surface area contributed by atoms with Crippen LogP contribution >= 0.6 is 22.5 Å². The van der Waals surface area contributed by atoms with E-state index in [1.807, 2.05) is 0 Å². The number of benzene rings is 1. The molecule has 1 aromatic carbocycles. The third kappa shape index (κ3) is 3.08. The Morgan fingerprint density at radius 3 is 2.19 bits per heavy atom. The highest BCUT2D eigenvalue weighted by atomic mass is 33.1. The molecule has 0 saturated heterocycles. The van der Waals surface area contributed by atoms with Crippen LogP contribution in [0.1, 0.15) is 0 Å². The predicted octanol–water partition coefficient (Wildman–Crippen LogP) is 3.15. The van der Waals surface area contributed by atoms with Gasteiger partial charge in [0.05, 0.1) is 0 Å². The second-order valence-corrected chi connectivity index (χ2v) is 4.15. The first-order valence-electron chi connectivity index (χ1n) is 4.12. The number of nitrogens with zero attached hydrogens (tertiary/aromatic N) is 1. The summed E-state index contributed by atoms with van der Waals surface area (Å²) in [6.07, 6.45) is -4.86. The Kier molecular flexibility index (Phi) is 4.15. The van der Waals surface area contributed by atoms with Gasteiger partial charge in [-0.3, -0.25) is 4.79 Å². The van der Waals surface area contributed by atoms with Crippen LogP contribution < -0.4 is 4.90 Å². The minimum atomic E-state index is -4.86. The largest absolute Gasteiger partial charge is 0.471 e. The fourth-order valence-electron chi connectivity index (χ4n) is 1.04. The highest BCUT2D eigenvalue weighted by Gasteiger charge is 2.41. The topological polar surface area (TPSA) is 20.3 Å². The van der Waals surface area contributed by atoms with Gasteiger partial charge in [0.15, 0.2) is 0 Å². The Morgan fingerprint density at radius 2 is 1.81 bits per heavy atom. The molecule has 2 nitrogen and oxygen atoms in total. The van der Waals surface area contributed by atoms with Gasteiger partial charge < -0.3 is 4.90 Å². The van der Waals surface area contributed by atoms with Crippen LogP contribution in [0.25, 0.3) is 0 Å². The van der Waals surface area contributed by atoms with Gasteiger partial charge in [-0.1, -0.05) is 10.8 Å². The summed E-state index contributed by atoms with van der Waals surface area (Å²) < 4.78 is 36.4. The van der Waals surface area contributed by atoms with Crippen LogP contribution in [0.3, 0.4) is 0 Å². The van der Waals surface area contributed by atoms with Gasteiger partial charge in [0.25, 0.3) is 0 Å². The van der Waals surface area contributed by atoms with Crippen molar-refractivity contribution in [3.8, 4) is 0 Å². The molecule has 0 radical (unpaired) electrons. The molecule has 0 unspecified atom stereocenters. The van der Waals surface area contributed by atoms with E-state index in [0.29, 0.717) is 4.90 Å². The third-order valence-electron chi connectivity index (χ3n) is 1.88. The molecule has 88 valence electrons. The zero-order valence-electron chi connectivity index (χ0n) is 8.15. The molecule has 0 aliphatic rings. The summed E-state index contributed by atoms with van der Waals surface area (Å²) >= 11 is 3.94. The van der Waals surface area contributed by atoms with Crippen molar-refractivity contribution in [2.75, 3.05) is 11.9 Å². The lowest BCUT2D eigenvalue weighted by Gasteiger charge is -2.18. The molecule has 0 bridgehead atoms. The lowest BCUT2D eigenvalue weighted by atomic mass is 10.3. The average Bonchev–Trinajstić information content (AvgIpc) is 2.26. The normalized spacial score (nSPS) is 11.3. The predicted molar refractivity (Wildman–Crippen MR) is 60.8 cm³/mol. The molecular formula is C9H8F3NOS2. The molecule has 0 aliphatic heterocycles. The molecule has 0 spiro atoms. The summed E-state index contributed by atoms with van der Waals surface area (Å²) in [5, 5.41) is 0. The van der Waals surface area contributed by atoms with E-state index in [0.717, 1.165) is 11.9 Å². The number of rotatable bonds is 2. The van der Waals surface area contributed by atoms with E-state index in [1.54, 1.807) is 12.1 Å². The highest BCUT2D eigenvalue weighted by Crippen LogP contribution is 2.26. The van der Waals surface area contributed by atoms with Crippen LogP contribution in [-0.2, 0) is 4.79 Å². The van der Waals surface area contributed by atoms with Gasteiger partial charge in [-0.15, -0.1) is 11.7 Å². The van der Waals surface area contributed by atoms with E-state index >= 15 is 0 Å². The van der Waals surface area contributed by atoms with Crippen molar-refractivity contribution in [3.63, 3.8) is 0 Å². The van der Waals surface area contributed by atoms with E-state index in [-0.39, 0.29) is 5.69 Å². The van der Waals surface area contributed by atoms with E-state index in [1.165, 1.54) is 22.9 Å². The van der Waals surface area contributed by atoms with Crippen LogP contribution in [-0.4, -0.2) is 19.1 Å². The fraction of sp³-hybridized carbons (Fsp3) is 0.222. The van der Waals surface area contributed by atoms with Crippen LogP contribution in [0.2, 0.25) is 0 Å². The van der Waals surface area contributed by atoms with Gasteiger partial charge in [0.2, 0.25) is 0 Å². The smallest absolute Gasteiger partial charge is 0.308 e. The molecule has 0 aliphatic carbocycles. The molecule has 0 atom stereocenters. The number of alkyl halides is 3. The van der Waals surface area contributed by atoms with Crippen molar-refractivity contribution in [3.05, 3.63) is 24.3 Å². The van der Waals surface area contributed by atoms with Crippen LogP contribution in [0.15, 0.2) is 29.2 Å². The Morgan fingerprint density at radius 1 is 1.31 bits per heavy atom. The van der Waals surface area contributed by atoms with Crippen LogP contribution in [0.4, 0.5) is 18.9 Å². The molecule has 16 heavy (non-hydrogen) atoms. The summed E-state index contributed by atoms with van der Waals surface area (Å²) in [6.45, 7) is 0. The van der Waals surface area contributed by atoms with Crippen molar-refractivity contribution in [1.82, 2.24) is 0 Å². The van der Waals surface area contributed by atoms with E-state index in [2.05, 4.69) is 11.7 Å². The van der Waals surface area contributed by atoms with Gasteiger partial charge in [0, 0.05) is 17.6 Å². The number of halogens is 3. The van der Waals surface area contributed by atoms with Gasteiger partial charge in [0.1, 0.15) is 0 Å². The number of thiol groups is 1. The SMILES string of the molecule is CN(C(=O)C(F)(F)F)c1ccc(SS)cc1. The second-order valence-electron chi connectivity index (χ2n) is 2.95. The first kappa shape index (κ1) is 13.2. The minimum Gasteiger partial charge on any atom is -0.308 e. The number of hydrogen-bond acceptors (Lipinski definition) is 3. The van der Waals surface area contributed by atoms with Crippen molar-refractivity contribution in [2.45, 2.75) is 11.1 Å². The summed E-state index contributed by atoms with van der Waals surface area (Å²) in [6, 6.07) is 6.05.